The minimum Gasteiger partial charge on any atom is -0.350 e. The molecule has 0 radical (unpaired) electrons. The zero-order valence-corrected chi connectivity index (χ0v) is 18.2. The lowest BCUT2D eigenvalue weighted by molar-refractivity contribution is -0.142. The fraction of sp³-hybridized carbons (Fsp3) is 0.619. The Kier molecular flexibility index (Phi) is 6.63. The van der Waals surface area contributed by atoms with E-state index in [1.165, 1.54) is 10.6 Å². The van der Waals surface area contributed by atoms with Crippen LogP contribution in [0.25, 0.3) is 0 Å². The van der Waals surface area contributed by atoms with Gasteiger partial charge in [0, 0.05) is 38.5 Å². The van der Waals surface area contributed by atoms with E-state index < -0.39 is 16.1 Å². The van der Waals surface area contributed by atoms with Gasteiger partial charge in [-0.15, -0.1) is 0 Å². The standard InChI is InChI=1S/C21H31N3O4S/c1-15(2)11-20(25)24-13-17-8-5-4-7-16(17)12-19(24)21(26)22-18-9-6-10-23(14-18)29(3,27)28/h4-5,7-8,15,18-19H,6,9-14H2,1-3H3,(H,22,26). The van der Waals surface area contributed by atoms with Crippen LogP contribution >= 0.6 is 0 Å². The van der Waals surface area contributed by atoms with Crippen LogP contribution in [0.2, 0.25) is 0 Å². The molecule has 29 heavy (non-hydrogen) atoms. The zero-order chi connectivity index (χ0) is 21.2. The Morgan fingerprint density at radius 2 is 1.90 bits per heavy atom. The third-order valence-corrected chi connectivity index (χ3v) is 6.92. The maximum Gasteiger partial charge on any atom is 0.243 e. The minimum atomic E-state index is -3.28. The van der Waals surface area contributed by atoms with Crippen LogP contribution in [0.3, 0.4) is 0 Å². The second-order valence-corrected chi connectivity index (χ2v) is 10.6. The predicted molar refractivity (Wildman–Crippen MR) is 112 cm³/mol. The summed E-state index contributed by atoms with van der Waals surface area (Å²) in [5, 5.41) is 3.02. The molecule has 0 spiro atoms. The quantitative estimate of drug-likeness (QED) is 0.781. The van der Waals surface area contributed by atoms with Gasteiger partial charge in [-0.3, -0.25) is 9.59 Å². The number of benzene rings is 1. The highest BCUT2D eigenvalue weighted by Gasteiger charge is 2.36. The molecule has 2 unspecified atom stereocenters. The fourth-order valence-electron chi connectivity index (χ4n) is 4.14. The number of hydrogen-bond acceptors (Lipinski definition) is 4. The molecule has 1 saturated heterocycles. The van der Waals surface area contributed by atoms with E-state index in [-0.39, 0.29) is 30.3 Å². The molecule has 1 aromatic carbocycles. The van der Waals surface area contributed by atoms with Gasteiger partial charge in [0.25, 0.3) is 0 Å². The van der Waals surface area contributed by atoms with Crippen molar-refractivity contribution >= 4 is 21.8 Å². The maximum absolute atomic E-state index is 13.2. The number of sulfonamides is 1. The molecule has 0 saturated carbocycles. The predicted octanol–water partition coefficient (Wildman–Crippen LogP) is 1.53. The SMILES string of the molecule is CC(C)CC(=O)N1Cc2ccccc2CC1C(=O)NC1CCCN(S(C)(=O)=O)C1. The van der Waals surface area contributed by atoms with E-state index >= 15 is 0 Å². The van der Waals surface area contributed by atoms with Crippen molar-refractivity contribution in [3.8, 4) is 0 Å². The summed E-state index contributed by atoms with van der Waals surface area (Å²) in [5.41, 5.74) is 2.16. The first-order valence-electron chi connectivity index (χ1n) is 10.3. The molecular weight excluding hydrogens is 390 g/mol. The van der Waals surface area contributed by atoms with Crippen molar-refractivity contribution in [3.63, 3.8) is 0 Å². The maximum atomic E-state index is 13.2. The number of carbonyl (C=O) groups is 2. The van der Waals surface area contributed by atoms with Gasteiger partial charge in [-0.25, -0.2) is 12.7 Å². The number of amides is 2. The van der Waals surface area contributed by atoms with Gasteiger partial charge in [-0.1, -0.05) is 38.1 Å². The van der Waals surface area contributed by atoms with Gasteiger partial charge in [0.05, 0.1) is 6.26 Å². The van der Waals surface area contributed by atoms with Crippen LogP contribution < -0.4 is 5.32 Å². The number of nitrogens with one attached hydrogen (secondary N) is 1. The van der Waals surface area contributed by atoms with Crippen molar-refractivity contribution in [1.29, 1.82) is 0 Å². The van der Waals surface area contributed by atoms with Gasteiger partial charge in [0.2, 0.25) is 21.8 Å². The van der Waals surface area contributed by atoms with E-state index in [1.807, 2.05) is 38.1 Å². The second-order valence-electron chi connectivity index (χ2n) is 8.58. The molecule has 8 heteroatoms. The molecule has 160 valence electrons. The molecule has 2 aliphatic heterocycles. The average Bonchev–Trinajstić information content (AvgIpc) is 2.66. The summed E-state index contributed by atoms with van der Waals surface area (Å²) in [6.45, 7) is 5.19. The number of piperidine rings is 1. The number of nitrogens with zero attached hydrogens (tertiary/aromatic N) is 2. The highest BCUT2D eigenvalue weighted by atomic mass is 32.2. The van der Waals surface area contributed by atoms with Crippen molar-refractivity contribution in [3.05, 3.63) is 35.4 Å². The van der Waals surface area contributed by atoms with Crippen LogP contribution in [0.4, 0.5) is 0 Å². The Bertz CT molecular complexity index is 868. The van der Waals surface area contributed by atoms with Crippen molar-refractivity contribution in [2.45, 2.75) is 58.2 Å². The van der Waals surface area contributed by atoms with Crippen molar-refractivity contribution in [2.75, 3.05) is 19.3 Å². The second kappa shape index (κ2) is 8.83. The Labute approximate surface area is 173 Å². The summed E-state index contributed by atoms with van der Waals surface area (Å²) in [6.07, 6.45) is 3.52. The number of hydrogen-bond donors (Lipinski definition) is 1. The summed E-state index contributed by atoms with van der Waals surface area (Å²) in [4.78, 5) is 27.7. The van der Waals surface area contributed by atoms with Crippen molar-refractivity contribution < 1.29 is 18.0 Å². The van der Waals surface area contributed by atoms with Crippen LogP contribution in [0.1, 0.15) is 44.2 Å². The van der Waals surface area contributed by atoms with Crippen molar-refractivity contribution in [1.82, 2.24) is 14.5 Å². The van der Waals surface area contributed by atoms with E-state index in [0.29, 0.717) is 32.4 Å². The van der Waals surface area contributed by atoms with Gasteiger partial charge in [0.15, 0.2) is 0 Å². The molecule has 2 atom stereocenters. The summed E-state index contributed by atoms with van der Waals surface area (Å²) in [7, 11) is -3.28. The molecule has 3 rings (SSSR count). The van der Waals surface area contributed by atoms with Gasteiger partial charge in [0.1, 0.15) is 6.04 Å². The highest BCUT2D eigenvalue weighted by molar-refractivity contribution is 7.88. The molecule has 1 fully saturated rings. The molecule has 1 aromatic rings. The Morgan fingerprint density at radius 1 is 1.21 bits per heavy atom. The number of rotatable bonds is 5. The molecule has 2 heterocycles. The monoisotopic (exact) mass is 421 g/mol. The van der Waals surface area contributed by atoms with Crippen LogP contribution in [0, 0.1) is 5.92 Å². The van der Waals surface area contributed by atoms with E-state index in [0.717, 1.165) is 17.5 Å². The lowest BCUT2D eigenvalue weighted by Crippen LogP contribution is -2.57. The molecule has 2 aliphatic rings. The lowest BCUT2D eigenvalue weighted by atomic mass is 9.92. The molecule has 1 N–H and O–H groups in total. The van der Waals surface area contributed by atoms with Gasteiger partial charge >= 0.3 is 0 Å². The summed E-state index contributed by atoms with van der Waals surface area (Å²) in [5.74, 6) is -0.00179. The van der Waals surface area contributed by atoms with Crippen LogP contribution in [0.5, 0.6) is 0 Å². The zero-order valence-electron chi connectivity index (χ0n) is 17.4. The fourth-order valence-corrected chi connectivity index (χ4v) is 5.06. The summed E-state index contributed by atoms with van der Waals surface area (Å²) in [6, 6.07) is 7.11. The topological polar surface area (TPSA) is 86.8 Å². The van der Waals surface area contributed by atoms with Gasteiger partial charge in [-0.05, 0) is 29.9 Å². The Morgan fingerprint density at radius 3 is 2.55 bits per heavy atom. The highest BCUT2D eigenvalue weighted by Crippen LogP contribution is 2.25. The normalized spacial score (nSPS) is 23.0. The molecule has 0 aliphatic carbocycles. The molecular formula is C21H31N3O4S. The van der Waals surface area contributed by atoms with Gasteiger partial charge in [-0.2, -0.15) is 0 Å². The van der Waals surface area contributed by atoms with E-state index in [1.54, 1.807) is 4.90 Å². The third kappa shape index (κ3) is 5.36. The third-order valence-electron chi connectivity index (χ3n) is 5.65. The summed E-state index contributed by atoms with van der Waals surface area (Å²) < 4.78 is 25.1. The van der Waals surface area contributed by atoms with E-state index in [9.17, 15) is 18.0 Å². The smallest absolute Gasteiger partial charge is 0.243 e. The first-order valence-corrected chi connectivity index (χ1v) is 12.1. The molecule has 2 amide bonds. The molecule has 0 bridgehead atoms. The van der Waals surface area contributed by atoms with Crippen molar-refractivity contribution in [2.24, 2.45) is 5.92 Å². The van der Waals surface area contributed by atoms with Crippen LogP contribution in [0.15, 0.2) is 24.3 Å². The lowest BCUT2D eigenvalue weighted by Gasteiger charge is -2.38. The largest absolute Gasteiger partial charge is 0.350 e. The van der Waals surface area contributed by atoms with E-state index in [4.69, 9.17) is 0 Å². The van der Waals surface area contributed by atoms with Crippen LogP contribution in [-0.2, 0) is 32.6 Å². The Balaban J connectivity index is 1.76. The number of fused-ring (bicyclic) bond motifs is 1. The Hall–Kier alpha value is -1.93. The molecule has 0 aromatic heterocycles. The number of carbonyl (C=O) groups excluding carboxylic acids is 2. The van der Waals surface area contributed by atoms with E-state index in [2.05, 4.69) is 5.32 Å². The first-order chi connectivity index (χ1) is 13.6. The first kappa shape index (κ1) is 21.8. The molecule has 7 nitrogen and oxygen atoms in total. The summed E-state index contributed by atoms with van der Waals surface area (Å²) >= 11 is 0. The average molecular weight is 422 g/mol. The minimum absolute atomic E-state index is 0.0175. The van der Waals surface area contributed by atoms with Crippen LogP contribution in [-0.4, -0.2) is 60.9 Å². The van der Waals surface area contributed by atoms with Gasteiger partial charge < -0.3 is 10.2 Å².